The van der Waals surface area contributed by atoms with Crippen molar-refractivity contribution in [2.75, 3.05) is 31.1 Å². The third-order valence-corrected chi connectivity index (χ3v) is 3.75. The zero-order valence-corrected chi connectivity index (χ0v) is 10.5. The van der Waals surface area contributed by atoms with Gasteiger partial charge in [-0.1, -0.05) is 0 Å². The molecule has 0 atom stereocenters. The Labute approximate surface area is 95.7 Å². The molecule has 0 saturated carbocycles. The van der Waals surface area contributed by atoms with Crippen LogP contribution in [0.3, 0.4) is 0 Å². The molecule has 1 aromatic rings. The molecule has 4 heteroatoms. The Balaban J connectivity index is 1.93. The lowest BCUT2D eigenvalue weighted by molar-refractivity contribution is 0.128. The van der Waals surface area contributed by atoms with Gasteiger partial charge in [0.05, 0.1) is 0 Å². The van der Waals surface area contributed by atoms with Crippen molar-refractivity contribution in [3.05, 3.63) is 11.6 Å². The Kier molecular flexibility index (Phi) is 2.98. The molecular weight excluding hydrogens is 206 g/mol. The third kappa shape index (κ3) is 2.49. The second kappa shape index (κ2) is 4.10. The number of nitrogens with zero attached hydrogens (tertiary/aromatic N) is 3. The second-order valence-corrected chi connectivity index (χ2v) is 5.83. The van der Waals surface area contributed by atoms with E-state index in [0.717, 1.165) is 26.2 Å². The molecule has 2 rings (SSSR count). The van der Waals surface area contributed by atoms with Gasteiger partial charge in [0.2, 0.25) is 0 Å². The van der Waals surface area contributed by atoms with Crippen LogP contribution in [0.2, 0.25) is 0 Å². The van der Waals surface area contributed by atoms with E-state index in [1.54, 1.807) is 11.3 Å². The van der Waals surface area contributed by atoms with Gasteiger partial charge in [-0.25, -0.2) is 4.98 Å². The lowest BCUT2D eigenvalue weighted by atomic mass is 10.1. The van der Waals surface area contributed by atoms with Gasteiger partial charge in [0, 0.05) is 43.3 Å². The highest BCUT2D eigenvalue weighted by Gasteiger charge is 2.26. The van der Waals surface area contributed by atoms with Gasteiger partial charge in [0.25, 0.3) is 0 Å². The van der Waals surface area contributed by atoms with Crippen LogP contribution in [0, 0.1) is 0 Å². The molecule has 0 amide bonds. The van der Waals surface area contributed by atoms with Crippen molar-refractivity contribution in [1.29, 1.82) is 0 Å². The highest BCUT2D eigenvalue weighted by molar-refractivity contribution is 7.13. The topological polar surface area (TPSA) is 19.4 Å². The summed E-state index contributed by atoms with van der Waals surface area (Å²) in [5.74, 6) is 0. The van der Waals surface area contributed by atoms with Gasteiger partial charge >= 0.3 is 0 Å². The van der Waals surface area contributed by atoms with Crippen LogP contribution in [-0.4, -0.2) is 41.6 Å². The molecule has 0 radical (unpaired) electrons. The van der Waals surface area contributed by atoms with Crippen molar-refractivity contribution in [1.82, 2.24) is 9.88 Å². The molecule has 15 heavy (non-hydrogen) atoms. The fourth-order valence-electron chi connectivity index (χ4n) is 1.94. The van der Waals surface area contributed by atoms with E-state index < -0.39 is 0 Å². The Morgan fingerprint density at radius 2 is 1.87 bits per heavy atom. The first-order valence-electron chi connectivity index (χ1n) is 5.47. The van der Waals surface area contributed by atoms with Crippen molar-refractivity contribution >= 4 is 16.5 Å². The van der Waals surface area contributed by atoms with E-state index in [0.29, 0.717) is 5.54 Å². The van der Waals surface area contributed by atoms with E-state index in [1.807, 2.05) is 11.6 Å². The van der Waals surface area contributed by atoms with Crippen LogP contribution in [0.15, 0.2) is 11.6 Å². The summed E-state index contributed by atoms with van der Waals surface area (Å²) in [6, 6.07) is 0. The molecule has 1 saturated heterocycles. The van der Waals surface area contributed by atoms with Gasteiger partial charge in [-0.3, -0.25) is 4.90 Å². The van der Waals surface area contributed by atoms with Crippen molar-refractivity contribution in [3.8, 4) is 0 Å². The molecule has 0 unspecified atom stereocenters. The predicted octanol–water partition coefficient (Wildman–Crippen LogP) is 2.06. The smallest absolute Gasteiger partial charge is 0.185 e. The molecule has 84 valence electrons. The average molecular weight is 225 g/mol. The highest BCUT2D eigenvalue weighted by atomic mass is 32.1. The van der Waals surface area contributed by atoms with Gasteiger partial charge in [0.1, 0.15) is 0 Å². The quantitative estimate of drug-likeness (QED) is 0.729. The summed E-state index contributed by atoms with van der Waals surface area (Å²) in [6.45, 7) is 11.3. The summed E-state index contributed by atoms with van der Waals surface area (Å²) >= 11 is 1.73. The van der Waals surface area contributed by atoms with Crippen molar-refractivity contribution in [3.63, 3.8) is 0 Å². The van der Waals surface area contributed by atoms with E-state index in [-0.39, 0.29) is 0 Å². The van der Waals surface area contributed by atoms with E-state index in [9.17, 15) is 0 Å². The normalized spacial score (nSPS) is 19.5. The number of hydrogen-bond donors (Lipinski definition) is 0. The molecular formula is C11H19N3S. The maximum Gasteiger partial charge on any atom is 0.185 e. The van der Waals surface area contributed by atoms with Gasteiger partial charge in [0.15, 0.2) is 5.13 Å². The lowest BCUT2D eigenvalue weighted by Gasteiger charge is -2.42. The molecule has 0 aliphatic carbocycles. The Hall–Kier alpha value is -0.610. The SMILES string of the molecule is CC(C)(C)N1CCN(c2nccs2)CC1. The monoisotopic (exact) mass is 225 g/mol. The van der Waals surface area contributed by atoms with E-state index in [1.165, 1.54) is 5.13 Å². The third-order valence-electron chi connectivity index (χ3n) is 2.92. The second-order valence-electron chi connectivity index (χ2n) is 4.96. The van der Waals surface area contributed by atoms with Crippen molar-refractivity contribution < 1.29 is 0 Å². The van der Waals surface area contributed by atoms with Crippen LogP contribution >= 0.6 is 11.3 Å². The minimum absolute atomic E-state index is 0.301. The van der Waals surface area contributed by atoms with Crippen LogP contribution in [0.5, 0.6) is 0 Å². The molecule has 1 aliphatic heterocycles. The number of hydrogen-bond acceptors (Lipinski definition) is 4. The number of rotatable bonds is 1. The number of anilines is 1. The number of thiazole rings is 1. The van der Waals surface area contributed by atoms with Crippen LogP contribution in [-0.2, 0) is 0 Å². The molecule has 0 spiro atoms. The van der Waals surface area contributed by atoms with E-state index >= 15 is 0 Å². The van der Waals surface area contributed by atoms with Gasteiger partial charge in [-0.05, 0) is 20.8 Å². The first-order valence-corrected chi connectivity index (χ1v) is 6.35. The van der Waals surface area contributed by atoms with Gasteiger partial charge in [-0.15, -0.1) is 11.3 Å². The van der Waals surface area contributed by atoms with Gasteiger partial charge < -0.3 is 4.90 Å². The van der Waals surface area contributed by atoms with Crippen LogP contribution in [0.1, 0.15) is 20.8 Å². The van der Waals surface area contributed by atoms with Crippen molar-refractivity contribution in [2.45, 2.75) is 26.3 Å². The molecule has 2 heterocycles. The molecule has 1 aliphatic rings. The molecule has 0 aromatic carbocycles. The summed E-state index contributed by atoms with van der Waals surface area (Å²) in [7, 11) is 0. The highest BCUT2D eigenvalue weighted by Crippen LogP contribution is 2.21. The Morgan fingerprint density at radius 1 is 1.20 bits per heavy atom. The van der Waals surface area contributed by atoms with Crippen LogP contribution in [0.25, 0.3) is 0 Å². The standard InChI is InChI=1S/C11H19N3S/c1-11(2,3)14-7-5-13(6-8-14)10-12-4-9-15-10/h4,9H,5-8H2,1-3H3. The summed E-state index contributed by atoms with van der Waals surface area (Å²) in [5, 5.41) is 3.22. The van der Waals surface area contributed by atoms with Crippen molar-refractivity contribution in [2.24, 2.45) is 0 Å². The zero-order valence-electron chi connectivity index (χ0n) is 9.73. The maximum atomic E-state index is 4.35. The summed E-state index contributed by atoms with van der Waals surface area (Å²) in [4.78, 5) is 9.27. The minimum atomic E-state index is 0.301. The average Bonchev–Trinajstić information content (AvgIpc) is 2.69. The van der Waals surface area contributed by atoms with Crippen LogP contribution in [0.4, 0.5) is 5.13 Å². The number of piperazine rings is 1. The molecule has 0 bridgehead atoms. The number of aromatic nitrogens is 1. The molecule has 0 N–H and O–H groups in total. The maximum absolute atomic E-state index is 4.35. The summed E-state index contributed by atoms with van der Waals surface area (Å²) in [5.41, 5.74) is 0.301. The fourth-order valence-corrected chi connectivity index (χ4v) is 2.64. The lowest BCUT2D eigenvalue weighted by Crippen LogP contribution is -2.53. The summed E-state index contributed by atoms with van der Waals surface area (Å²) < 4.78 is 0. The molecule has 1 aromatic heterocycles. The fraction of sp³-hybridized carbons (Fsp3) is 0.727. The minimum Gasteiger partial charge on any atom is -0.346 e. The molecule has 3 nitrogen and oxygen atoms in total. The van der Waals surface area contributed by atoms with Gasteiger partial charge in [-0.2, -0.15) is 0 Å². The van der Waals surface area contributed by atoms with E-state index in [4.69, 9.17) is 0 Å². The van der Waals surface area contributed by atoms with Crippen LogP contribution < -0.4 is 4.90 Å². The first-order chi connectivity index (χ1) is 7.07. The zero-order chi connectivity index (χ0) is 10.9. The first kappa shape index (κ1) is 10.9. The summed E-state index contributed by atoms with van der Waals surface area (Å²) in [6.07, 6.45) is 1.89. The predicted molar refractivity (Wildman–Crippen MR) is 65.7 cm³/mol. The Morgan fingerprint density at radius 3 is 2.33 bits per heavy atom. The molecule has 1 fully saturated rings. The Bertz CT molecular complexity index is 294. The van der Waals surface area contributed by atoms with E-state index in [2.05, 4.69) is 35.6 Å². The largest absolute Gasteiger partial charge is 0.346 e.